The van der Waals surface area contributed by atoms with E-state index in [-0.39, 0.29) is 11.9 Å². The summed E-state index contributed by atoms with van der Waals surface area (Å²) in [6.07, 6.45) is 8.63. The summed E-state index contributed by atoms with van der Waals surface area (Å²) in [6.45, 7) is 1.54. The molecule has 4 rings (SSSR count). The number of aromatic nitrogens is 2. The second-order valence-corrected chi connectivity index (χ2v) is 8.33. The van der Waals surface area contributed by atoms with Crippen LogP contribution in [0, 0.1) is 17.3 Å². The summed E-state index contributed by atoms with van der Waals surface area (Å²) in [4.78, 5) is 21.0. The van der Waals surface area contributed by atoms with Crippen LogP contribution in [0.1, 0.15) is 49.7 Å². The van der Waals surface area contributed by atoms with Crippen molar-refractivity contribution >= 4 is 35.3 Å². The first-order valence-electron chi connectivity index (χ1n) is 11.4. The predicted molar refractivity (Wildman–Crippen MR) is 131 cm³/mol. The van der Waals surface area contributed by atoms with Crippen LogP contribution in [0.15, 0.2) is 24.4 Å². The largest absolute Gasteiger partial charge is 0.398 e. The van der Waals surface area contributed by atoms with Crippen molar-refractivity contribution in [3.8, 4) is 11.8 Å². The van der Waals surface area contributed by atoms with E-state index in [1.54, 1.807) is 18.3 Å². The standard InChI is InChI=1S/C24H30N8O/c25-14-16-7-8-19(13-20(16)26)31-24-29-15-17(22(32-24)30-18-9-10-18)5-2-1-3-11-28-23(33)21-6-4-12-27-21/h7-8,13-15,18,21,25,27H,1,3-4,6,9-12,26H2,(H,28,33)(H2,29,30,31,32)/t21-/m0/s1. The van der Waals surface area contributed by atoms with Crippen LogP contribution >= 0.6 is 0 Å². The van der Waals surface area contributed by atoms with Crippen molar-refractivity contribution in [3.05, 3.63) is 35.5 Å². The SMILES string of the molecule is N=Cc1ccc(Nc2ncc(C#CCCCNC(=O)[C@@H]3CCCN3)c(NC3CC3)n2)cc1N. The van der Waals surface area contributed by atoms with E-state index in [0.717, 1.165) is 49.9 Å². The minimum atomic E-state index is -0.0400. The number of nitrogens with one attached hydrogen (secondary N) is 5. The Bertz CT molecular complexity index is 1060. The normalized spacial score (nSPS) is 17.0. The molecule has 2 heterocycles. The first kappa shape index (κ1) is 22.6. The number of amides is 1. The van der Waals surface area contributed by atoms with Crippen LogP contribution in [0.5, 0.6) is 0 Å². The van der Waals surface area contributed by atoms with E-state index in [1.165, 1.54) is 6.21 Å². The van der Waals surface area contributed by atoms with Crippen molar-refractivity contribution in [1.29, 1.82) is 5.41 Å². The summed E-state index contributed by atoms with van der Waals surface area (Å²) in [5.41, 5.74) is 8.65. The van der Waals surface area contributed by atoms with E-state index < -0.39 is 0 Å². The Morgan fingerprint density at radius 1 is 1.33 bits per heavy atom. The molecule has 1 aromatic heterocycles. The molecule has 1 saturated heterocycles. The molecule has 172 valence electrons. The maximum absolute atomic E-state index is 12.0. The highest BCUT2D eigenvalue weighted by molar-refractivity contribution is 5.86. The van der Waals surface area contributed by atoms with Gasteiger partial charge in [0, 0.05) is 42.2 Å². The molecule has 33 heavy (non-hydrogen) atoms. The molecule has 2 aliphatic rings. The van der Waals surface area contributed by atoms with Crippen LogP contribution in [0.3, 0.4) is 0 Å². The Labute approximate surface area is 193 Å². The molecular weight excluding hydrogens is 416 g/mol. The summed E-state index contributed by atoms with van der Waals surface area (Å²) < 4.78 is 0. The van der Waals surface area contributed by atoms with Crippen molar-refractivity contribution in [2.75, 3.05) is 29.5 Å². The predicted octanol–water partition coefficient (Wildman–Crippen LogP) is 2.37. The van der Waals surface area contributed by atoms with Crippen LogP contribution in [-0.2, 0) is 4.79 Å². The Morgan fingerprint density at radius 3 is 2.94 bits per heavy atom. The molecule has 0 unspecified atom stereocenters. The number of nitrogen functional groups attached to an aromatic ring is 1. The number of carbonyl (C=O) groups is 1. The smallest absolute Gasteiger partial charge is 0.237 e. The van der Waals surface area contributed by atoms with Gasteiger partial charge in [-0.3, -0.25) is 4.79 Å². The van der Waals surface area contributed by atoms with Crippen LogP contribution in [0.25, 0.3) is 0 Å². The van der Waals surface area contributed by atoms with Crippen molar-refractivity contribution in [2.24, 2.45) is 0 Å². The molecule has 1 atom stereocenters. The lowest BCUT2D eigenvalue weighted by Gasteiger charge is -2.11. The number of anilines is 4. The molecule has 1 aliphatic heterocycles. The zero-order valence-electron chi connectivity index (χ0n) is 18.6. The van der Waals surface area contributed by atoms with Gasteiger partial charge in [-0.1, -0.05) is 11.8 Å². The number of hydrogen-bond acceptors (Lipinski definition) is 8. The minimum absolute atomic E-state index is 0.0400. The first-order valence-corrected chi connectivity index (χ1v) is 11.4. The van der Waals surface area contributed by atoms with Gasteiger partial charge in [0.2, 0.25) is 11.9 Å². The van der Waals surface area contributed by atoms with E-state index in [4.69, 9.17) is 11.1 Å². The van der Waals surface area contributed by atoms with Crippen molar-refractivity contribution in [2.45, 2.75) is 50.6 Å². The number of rotatable bonds is 9. The van der Waals surface area contributed by atoms with Gasteiger partial charge in [-0.15, -0.1) is 0 Å². The lowest BCUT2D eigenvalue weighted by Crippen LogP contribution is -2.40. The Balaban J connectivity index is 1.34. The van der Waals surface area contributed by atoms with E-state index in [0.29, 0.717) is 42.0 Å². The highest BCUT2D eigenvalue weighted by atomic mass is 16.2. The highest BCUT2D eigenvalue weighted by Crippen LogP contribution is 2.26. The molecule has 1 amide bonds. The molecule has 1 aliphatic carbocycles. The fraction of sp³-hybridized carbons (Fsp3) is 0.417. The van der Waals surface area contributed by atoms with Crippen molar-refractivity contribution < 1.29 is 4.79 Å². The highest BCUT2D eigenvalue weighted by Gasteiger charge is 2.23. The number of unbranched alkanes of at least 4 members (excludes halogenated alkanes) is 1. The Hall–Kier alpha value is -3.64. The van der Waals surface area contributed by atoms with Gasteiger partial charge in [0.25, 0.3) is 0 Å². The third kappa shape index (κ3) is 6.43. The van der Waals surface area contributed by atoms with Gasteiger partial charge in [0.15, 0.2) is 0 Å². The van der Waals surface area contributed by atoms with E-state index >= 15 is 0 Å². The number of hydrogen-bond donors (Lipinski definition) is 6. The summed E-state index contributed by atoms with van der Waals surface area (Å²) in [6, 6.07) is 5.76. The topological polar surface area (TPSA) is 141 Å². The van der Waals surface area contributed by atoms with Gasteiger partial charge in [0.1, 0.15) is 5.82 Å². The second kappa shape index (κ2) is 10.8. The number of carbonyl (C=O) groups excluding carboxylic acids is 1. The molecule has 0 radical (unpaired) electrons. The monoisotopic (exact) mass is 446 g/mol. The zero-order valence-corrected chi connectivity index (χ0v) is 18.6. The van der Waals surface area contributed by atoms with E-state index in [9.17, 15) is 4.79 Å². The average Bonchev–Trinajstić information content (AvgIpc) is 3.45. The van der Waals surface area contributed by atoms with Crippen LogP contribution in [-0.4, -0.2) is 47.3 Å². The van der Waals surface area contributed by atoms with Gasteiger partial charge in [-0.2, -0.15) is 4.98 Å². The lowest BCUT2D eigenvalue weighted by molar-refractivity contribution is -0.122. The average molecular weight is 447 g/mol. The lowest BCUT2D eigenvalue weighted by atomic mass is 10.2. The van der Waals surface area contributed by atoms with E-state index in [2.05, 4.69) is 43.1 Å². The Kier molecular flexibility index (Phi) is 7.37. The molecule has 1 saturated carbocycles. The summed E-state index contributed by atoms with van der Waals surface area (Å²) >= 11 is 0. The van der Waals surface area contributed by atoms with Crippen LogP contribution in [0.2, 0.25) is 0 Å². The fourth-order valence-electron chi connectivity index (χ4n) is 3.56. The molecule has 2 aromatic rings. The molecule has 0 spiro atoms. The molecule has 0 bridgehead atoms. The molecule has 9 nitrogen and oxygen atoms in total. The second-order valence-electron chi connectivity index (χ2n) is 8.33. The molecule has 1 aromatic carbocycles. The van der Waals surface area contributed by atoms with E-state index in [1.807, 2.05) is 6.07 Å². The van der Waals surface area contributed by atoms with Crippen molar-refractivity contribution in [1.82, 2.24) is 20.6 Å². The molecule has 9 heteroatoms. The van der Waals surface area contributed by atoms with Gasteiger partial charge in [-0.25, -0.2) is 4.98 Å². The fourth-order valence-corrected chi connectivity index (χ4v) is 3.56. The van der Waals surface area contributed by atoms with Gasteiger partial charge >= 0.3 is 0 Å². The summed E-state index contributed by atoms with van der Waals surface area (Å²) in [5, 5.41) is 20.1. The number of nitrogens with two attached hydrogens (primary N) is 1. The van der Waals surface area contributed by atoms with Gasteiger partial charge in [-0.05, 0) is 56.8 Å². The Morgan fingerprint density at radius 2 is 2.21 bits per heavy atom. The maximum Gasteiger partial charge on any atom is 0.237 e. The zero-order chi connectivity index (χ0) is 23.0. The molecule has 7 N–H and O–H groups in total. The van der Waals surface area contributed by atoms with Crippen LogP contribution in [0.4, 0.5) is 23.1 Å². The molecule has 2 fully saturated rings. The van der Waals surface area contributed by atoms with Gasteiger partial charge in [0.05, 0.1) is 17.8 Å². The summed E-state index contributed by atoms with van der Waals surface area (Å²) in [7, 11) is 0. The quantitative estimate of drug-likeness (QED) is 0.150. The summed E-state index contributed by atoms with van der Waals surface area (Å²) in [5.74, 6) is 7.60. The third-order valence-electron chi connectivity index (χ3n) is 5.58. The first-order chi connectivity index (χ1) is 16.1. The minimum Gasteiger partial charge on any atom is -0.398 e. The van der Waals surface area contributed by atoms with Crippen molar-refractivity contribution in [3.63, 3.8) is 0 Å². The number of benzene rings is 1. The van der Waals surface area contributed by atoms with Crippen LogP contribution < -0.4 is 27.0 Å². The number of nitrogens with zero attached hydrogens (tertiary/aromatic N) is 2. The molecular formula is C24H30N8O. The third-order valence-corrected chi connectivity index (χ3v) is 5.58. The van der Waals surface area contributed by atoms with Gasteiger partial charge < -0.3 is 32.4 Å². The maximum atomic E-state index is 12.0.